The van der Waals surface area contributed by atoms with Gasteiger partial charge in [0.05, 0.1) is 5.41 Å². The Morgan fingerprint density at radius 2 is 0.607 bits per heavy atom. The second kappa shape index (κ2) is 14.2. The number of nitrogens with zero attached hydrogens (tertiary/aromatic N) is 1. The number of benzene rings is 9. The predicted octanol–water partition coefficient (Wildman–Crippen LogP) is 14.5. The van der Waals surface area contributed by atoms with E-state index in [1.54, 1.807) is 0 Å². The Kier molecular flexibility index (Phi) is 8.46. The van der Waals surface area contributed by atoms with Crippen LogP contribution in [0.1, 0.15) is 22.3 Å². The summed E-state index contributed by atoms with van der Waals surface area (Å²) in [7, 11) is 0. The third-order valence-corrected chi connectivity index (χ3v) is 11.3. The highest BCUT2D eigenvalue weighted by atomic mass is 15.1. The second-order valence-corrected chi connectivity index (χ2v) is 14.5. The first-order valence-electron chi connectivity index (χ1n) is 19.3. The van der Waals surface area contributed by atoms with Crippen LogP contribution >= 0.6 is 0 Å². The molecule has 9 aromatic carbocycles. The van der Waals surface area contributed by atoms with Crippen molar-refractivity contribution in [3.05, 3.63) is 259 Å². The van der Waals surface area contributed by atoms with Gasteiger partial charge >= 0.3 is 0 Å². The van der Waals surface area contributed by atoms with Crippen molar-refractivity contribution in [3.63, 3.8) is 0 Å². The van der Waals surface area contributed by atoms with E-state index in [-0.39, 0.29) is 0 Å². The quantitative estimate of drug-likeness (QED) is 0.152. The van der Waals surface area contributed by atoms with Gasteiger partial charge in [-0.1, -0.05) is 200 Å². The summed E-state index contributed by atoms with van der Waals surface area (Å²) in [4.78, 5) is 2.42. The van der Waals surface area contributed by atoms with E-state index in [2.05, 4.69) is 241 Å². The molecule has 1 aliphatic rings. The Bertz CT molecular complexity index is 2740. The van der Waals surface area contributed by atoms with Gasteiger partial charge in [0.2, 0.25) is 0 Å². The monoisotopic (exact) mass is 713 g/mol. The molecular formula is C55H39N. The molecule has 10 rings (SSSR count). The molecule has 0 unspecified atom stereocenters. The molecule has 0 amide bonds. The summed E-state index contributed by atoms with van der Waals surface area (Å²) in [5.41, 5.74) is 17.6. The predicted molar refractivity (Wildman–Crippen MR) is 235 cm³/mol. The van der Waals surface area contributed by atoms with E-state index in [0.29, 0.717) is 0 Å². The van der Waals surface area contributed by atoms with Gasteiger partial charge in [0, 0.05) is 17.1 Å². The second-order valence-electron chi connectivity index (χ2n) is 14.5. The van der Waals surface area contributed by atoms with Crippen LogP contribution in [0.4, 0.5) is 17.1 Å². The number of anilines is 3. The van der Waals surface area contributed by atoms with Crippen LogP contribution in [-0.2, 0) is 5.41 Å². The standard InChI is InChI=1S/C55H39N/c1-4-17-40(18-5-1)42-33-35-43(36-34-42)45-22-15-27-49(38-45)56(48-26-14-21-44(37-48)41-19-6-2-7-20-41)50-28-16-25-47(39-50)55(46-23-8-3-9-24-46)53-31-12-10-29-51(53)52-30-11-13-32-54(52)55/h1-39H. The van der Waals surface area contributed by atoms with Crippen LogP contribution in [0.25, 0.3) is 44.5 Å². The molecule has 0 saturated heterocycles. The van der Waals surface area contributed by atoms with E-state index in [1.807, 2.05) is 0 Å². The molecule has 0 bridgehead atoms. The minimum Gasteiger partial charge on any atom is -0.310 e. The highest BCUT2D eigenvalue weighted by molar-refractivity contribution is 5.88. The third-order valence-electron chi connectivity index (χ3n) is 11.3. The molecule has 0 N–H and O–H groups in total. The van der Waals surface area contributed by atoms with Gasteiger partial charge in [-0.05, 0) is 103 Å². The lowest BCUT2D eigenvalue weighted by molar-refractivity contribution is 0.768. The number of hydrogen-bond acceptors (Lipinski definition) is 1. The normalized spacial score (nSPS) is 12.4. The van der Waals surface area contributed by atoms with Crippen LogP contribution < -0.4 is 4.90 Å². The summed E-state index contributed by atoms with van der Waals surface area (Å²) in [5.74, 6) is 0. The van der Waals surface area contributed by atoms with Crippen LogP contribution in [0.2, 0.25) is 0 Å². The molecule has 0 atom stereocenters. The molecule has 1 aliphatic carbocycles. The van der Waals surface area contributed by atoms with E-state index in [1.165, 1.54) is 66.8 Å². The van der Waals surface area contributed by atoms with Gasteiger partial charge in [0.25, 0.3) is 0 Å². The van der Waals surface area contributed by atoms with Gasteiger partial charge in [-0.25, -0.2) is 0 Å². The van der Waals surface area contributed by atoms with Gasteiger partial charge in [-0.2, -0.15) is 0 Å². The minimum absolute atomic E-state index is 0.496. The van der Waals surface area contributed by atoms with E-state index >= 15 is 0 Å². The maximum Gasteiger partial charge on any atom is 0.0714 e. The summed E-state index contributed by atoms with van der Waals surface area (Å²) in [6.45, 7) is 0. The summed E-state index contributed by atoms with van der Waals surface area (Å²) >= 11 is 0. The average molecular weight is 714 g/mol. The Morgan fingerprint density at radius 3 is 1.14 bits per heavy atom. The molecule has 0 aromatic heterocycles. The average Bonchev–Trinajstić information content (AvgIpc) is 3.59. The maximum absolute atomic E-state index is 2.42. The maximum atomic E-state index is 2.42. The summed E-state index contributed by atoms with van der Waals surface area (Å²) in [6, 6.07) is 86.2. The first kappa shape index (κ1) is 33.4. The zero-order valence-corrected chi connectivity index (χ0v) is 31.0. The zero-order chi connectivity index (χ0) is 37.3. The van der Waals surface area contributed by atoms with Gasteiger partial charge in [-0.3, -0.25) is 0 Å². The molecule has 0 heterocycles. The van der Waals surface area contributed by atoms with Crippen LogP contribution in [0.3, 0.4) is 0 Å². The Balaban J connectivity index is 1.16. The molecule has 9 aromatic rings. The molecule has 0 fully saturated rings. The van der Waals surface area contributed by atoms with Gasteiger partial charge in [-0.15, -0.1) is 0 Å². The van der Waals surface area contributed by atoms with Gasteiger partial charge < -0.3 is 4.90 Å². The molecule has 0 spiro atoms. The molecule has 1 heteroatoms. The number of hydrogen-bond donors (Lipinski definition) is 0. The molecule has 0 saturated carbocycles. The van der Waals surface area contributed by atoms with Crippen molar-refractivity contribution >= 4 is 17.1 Å². The fraction of sp³-hybridized carbons (Fsp3) is 0.0182. The van der Waals surface area contributed by atoms with Gasteiger partial charge in [0.15, 0.2) is 0 Å². The SMILES string of the molecule is c1ccc(-c2ccc(-c3cccc(N(c4cccc(-c5ccccc5)c4)c4cccc(C5(c6ccccc6)c6ccccc6-c6ccccc65)c4)c3)cc2)cc1. The van der Waals surface area contributed by atoms with E-state index in [9.17, 15) is 0 Å². The number of rotatable bonds is 8. The molecule has 0 aliphatic heterocycles. The van der Waals surface area contributed by atoms with Crippen molar-refractivity contribution in [2.45, 2.75) is 5.41 Å². The molecule has 0 radical (unpaired) electrons. The summed E-state index contributed by atoms with van der Waals surface area (Å²) in [6.07, 6.45) is 0. The van der Waals surface area contributed by atoms with Crippen molar-refractivity contribution in [3.8, 4) is 44.5 Å². The van der Waals surface area contributed by atoms with Crippen molar-refractivity contribution in [1.82, 2.24) is 0 Å². The highest BCUT2D eigenvalue weighted by Gasteiger charge is 2.46. The molecule has 264 valence electrons. The summed E-state index contributed by atoms with van der Waals surface area (Å²) in [5, 5.41) is 0. The Hall–Kier alpha value is -7.22. The van der Waals surface area contributed by atoms with Crippen molar-refractivity contribution in [2.75, 3.05) is 4.90 Å². The van der Waals surface area contributed by atoms with Crippen LogP contribution in [-0.4, -0.2) is 0 Å². The lowest BCUT2D eigenvalue weighted by atomic mass is 9.67. The highest BCUT2D eigenvalue weighted by Crippen LogP contribution is 2.56. The lowest BCUT2D eigenvalue weighted by Crippen LogP contribution is -2.28. The lowest BCUT2D eigenvalue weighted by Gasteiger charge is -2.35. The fourth-order valence-corrected chi connectivity index (χ4v) is 8.80. The number of fused-ring (bicyclic) bond motifs is 3. The van der Waals surface area contributed by atoms with Crippen LogP contribution in [0, 0.1) is 0 Å². The van der Waals surface area contributed by atoms with Crippen molar-refractivity contribution < 1.29 is 0 Å². The molecule has 1 nitrogen and oxygen atoms in total. The Morgan fingerprint density at radius 1 is 0.250 bits per heavy atom. The van der Waals surface area contributed by atoms with Crippen LogP contribution in [0.15, 0.2) is 237 Å². The van der Waals surface area contributed by atoms with E-state index in [4.69, 9.17) is 0 Å². The van der Waals surface area contributed by atoms with Crippen molar-refractivity contribution in [2.24, 2.45) is 0 Å². The topological polar surface area (TPSA) is 3.24 Å². The van der Waals surface area contributed by atoms with Crippen molar-refractivity contribution in [1.29, 1.82) is 0 Å². The van der Waals surface area contributed by atoms with E-state index < -0.39 is 5.41 Å². The molecule has 56 heavy (non-hydrogen) atoms. The third kappa shape index (κ3) is 5.73. The van der Waals surface area contributed by atoms with Gasteiger partial charge in [0.1, 0.15) is 0 Å². The fourth-order valence-electron chi connectivity index (χ4n) is 8.80. The first-order valence-corrected chi connectivity index (χ1v) is 19.3. The van der Waals surface area contributed by atoms with E-state index in [0.717, 1.165) is 17.1 Å². The molecular weight excluding hydrogens is 675 g/mol. The first-order chi connectivity index (χ1) is 27.8. The Labute approximate surface area is 329 Å². The van der Waals surface area contributed by atoms with Crippen LogP contribution in [0.5, 0.6) is 0 Å². The largest absolute Gasteiger partial charge is 0.310 e. The smallest absolute Gasteiger partial charge is 0.0714 e. The summed E-state index contributed by atoms with van der Waals surface area (Å²) < 4.78 is 0. The minimum atomic E-state index is -0.496. The zero-order valence-electron chi connectivity index (χ0n) is 31.0.